The van der Waals surface area contributed by atoms with E-state index in [1.54, 1.807) is 6.26 Å². The van der Waals surface area contributed by atoms with Crippen molar-refractivity contribution in [2.45, 2.75) is 77.8 Å². The molecule has 1 heterocycles. The summed E-state index contributed by atoms with van der Waals surface area (Å²) in [6.45, 7) is 13.8. The molecule has 1 N–H and O–H groups in total. The third kappa shape index (κ3) is 4.47. The maximum Gasteiger partial charge on any atom is 0.192 e. The molecule has 1 rings (SSSR count). The van der Waals surface area contributed by atoms with Gasteiger partial charge in [-0.15, -0.1) is 0 Å². The first kappa shape index (κ1) is 17.5. The first-order chi connectivity index (χ1) is 9.19. The molecule has 0 radical (unpaired) electrons. The molecule has 0 fully saturated rings. The molecule has 1 aromatic heterocycles. The fraction of sp³-hybridized carbons (Fsp3) is 0.750. The quantitative estimate of drug-likeness (QED) is 0.718. The van der Waals surface area contributed by atoms with E-state index in [1.165, 1.54) is 0 Å². The lowest BCUT2D eigenvalue weighted by Crippen LogP contribution is -2.40. The maximum atomic E-state index is 10.2. The first-order valence-corrected chi connectivity index (χ1v) is 10.5. The second-order valence-electron chi connectivity index (χ2n) is 7.02. The van der Waals surface area contributed by atoms with Gasteiger partial charge in [0.25, 0.3) is 0 Å². The Kier molecular flexibility index (Phi) is 6.04. The summed E-state index contributed by atoms with van der Waals surface area (Å²) < 4.78 is 11.7. The zero-order chi connectivity index (χ0) is 15.4. The highest BCUT2D eigenvalue weighted by molar-refractivity contribution is 6.74. The van der Waals surface area contributed by atoms with Gasteiger partial charge in [-0.3, -0.25) is 0 Å². The Morgan fingerprint density at radius 2 is 2.00 bits per heavy atom. The average Bonchev–Trinajstić information content (AvgIpc) is 2.80. The molecular formula is C16H30O3Si. The van der Waals surface area contributed by atoms with Crippen molar-refractivity contribution in [3.05, 3.63) is 23.7 Å². The van der Waals surface area contributed by atoms with Crippen LogP contribution in [0.25, 0.3) is 0 Å². The van der Waals surface area contributed by atoms with Crippen LogP contribution in [0.1, 0.15) is 64.4 Å². The van der Waals surface area contributed by atoms with Crippen LogP contribution in [0, 0.1) is 0 Å². The van der Waals surface area contributed by atoms with Gasteiger partial charge in [-0.25, -0.2) is 0 Å². The molecule has 116 valence electrons. The Morgan fingerprint density at radius 3 is 2.55 bits per heavy atom. The number of hydrogen-bond acceptors (Lipinski definition) is 3. The number of unbranched alkanes of at least 4 members (excludes halogenated alkanes) is 1. The van der Waals surface area contributed by atoms with Crippen LogP contribution in [-0.4, -0.2) is 13.4 Å². The molecule has 0 aromatic carbocycles. The van der Waals surface area contributed by atoms with Crippen molar-refractivity contribution in [1.82, 2.24) is 0 Å². The molecule has 1 aromatic rings. The second-order valence-corrected chi connectivity index (χ2v) is 11.8. The molecule has 0 saturated heterocycles. The zero-order valence-electron chi connectivity index (χ0n) is 13.8. The van der Waals surface area contributed by atoms with Crippen LogP contribution < -0.4 is 0 Å². The lowest BCUT2D eigenvalue weighted by atomic mass is 10.1. The summed E-state index contributed by atoms with van der Waals surface area (Å²) in [5.74, 6) is 0.678. The third-order valence-electron chi connectivity index (χ3n) is 4.31. The number of rotatable bonds is 7. The van der Waals surface area contributed by atoms with Crippen molar-refractivity contribution in [3.8, 4) is 0 Å². The monoisotopic (exact) mass is 298 g/mol. The first-order valence-electron chi connectivity index (χ1n) is 7.57. The summed E-state index contributed by atoms with van der Waals surface area (Å²) in [5, 5.41) is 10.4. The molecule has 0 amide bonds. The predicted octanol–water partition coefficient (Wildman–Crippen LogP) is 5.03. The average molecular weight is 298 g/mol. The van der Waals surface area contributed by atoms with Gasteiger partial charge in [0.15, 0.2) is 8.32 Å². The van der Waals surface area contributed by atoms with Crippen LogP contribution in [0.15, 0.2) is 16.7 Å². The van der Waals surface area contributed by atoms with Crippen molar-refractivity contribution in [2.75, 3.05) is 0 Å². The largest absolute Gasteiger partial charge is 0.466 e. The standard InChI is InChI=1S/C16H30O3Si/c1-7-8-9-14(17)15-13(10-11-18-15)12-19-20(5,6)16(2,3)4/h10-11,14,17H,7-9,12H2,1-6H3/t14-/m1/s1. The molecule has 0 bridgehead atoms. The van der Waals surface area contributed by atoms with E-state index in [9.17, 15) is 5.11 Å². The Balaban J connectivity index is 2.68. The number of aliphatic hydroxyl groups excluding tert-OH is 1. The molecule has 1 atom stereocenters. The molecule has 3 nitrogen and oxygen atoms in total. The van der Waals surface area contributed by atoms with Gasteiger partial charge in [-0.05, 0) is 30.6 Å². The van der Waals surface area contributed by atoms with E-state index < -0.39 is 14.4 Å². The Hall–Kier alpha value is -0.583. The summed E-state index contributed by atoms with van der Waals surface area (Å²) >= 11 is 0. The molecule has 0 aliphatic rings. The minimum absolute atomic E-state index is 0.192. The van der Waals surface area contributed by atoms with Crippen LogP contribution >= 0.6 is 0 Å². The molecule has 0 saturated carbocycles. The highest BCUT2D eigenvalue weighted by Gasteiger charge is 2.37. The van der Waals surface area contributed by atoms with Gasteiger partial charge >= 0.3 is 0 Å². The summed E-state index contributed by atoms with van der Waals surface area (Å²) in [5.41, 5.74) is 0.985. The number of hydrogen-bond donors (Lipinski definition) is 1. The van der Waals surface area contributed by atoms with Gasteiger partial charge < -0.3 is 13.9 Å². The summed E-state index contributed by atoms with van der Waals surface area (Å²) in [4.78, 5) is 0. The molecule has 0 aliphatic carbocycles. The minimum atomic E-state index is -1.77. The summed E-state index contributed by atoms with van der Waals surface area (Å²) in [7, 11) is -1.77. The van der Waals surface area contributed by atoms with Gasteiger partial charge in [-0.2, -0.15) is 0 Å². The SMILES string of the molecule is CCCC[C@@H](O)c1occc1CO[Si](C)(C)C(C)(C)C. The van der Waals surface area contributed by atoms with Gasteiger partial charge in [-0.1, -0.05) is 40.5 Å². The Bertz CT molecular complexity index is 404. The van der Waals surface area contributed by atoms with Gasteiger partial charge in [0, 0.05) is 5.56 Å². The van der Waals surface area contributed by atoms with Crippen LogP contribution in [0.3, 0.4) is 0 Å². The van der Waals surface area contributed by atoms with E-state index in [2.05, 4.69) is 40.8 Å². The van der Waals surface area contributed by atoms with Crippen molar-refractivity contribution < 1.29 is 13.9 Å². The molecule has 20 heavy (non-hydrogen) atoms. The van der Waals surface area contributed by atoms with Crippen LogP contribution in [0.2, 0.25) is 18.1 Å². The zero-order valence-corrected chi connectivity index (χ0v) is 14.8. The van der Waals surface area contributed by atoms with E-state index in [0.717, 1.165) is 24.8 Å². The Morgan fingerprint density at radius 1 is 1.35 bits per heavy atom. The van der Waals surface area contributed by atoms with Crippen LogP contribution in [-0.2, 0) is 11.0 Å². The molecular weight excluding hydrogens is 268 g/mol. The van der Waals surface area contributed by atoms with Crippen molar-refractivity contribution in [3.63, 3.8) is 0 Å². The van der Waals surface area contributed by atoms with Gasteiger partial charge in [0.2, 0.25) is 0 Å². The third-order valence-corrected chi connectivity index (χ3v) is 8.79. The van der Waals surface area contributed by atoms with Crippen molar-refractivity contribution >= 4 is 8.32 Å². The fourth-order valence-corrected chi connectivity index (χ4v) is 2.71. The molecule has 0 unspecified atom stereocenters. The number of aliphatic hydroxyl groups is 1. The lowest BCUT2D eigenvalue weighted by molar-refractivity contribution is 0.133. The van der Waals surface area contributed by atoms with E-state index in [4.69, 9.17) is 8.84 Å². The topological polar surface area (TPSA) is 42.6 Å². The number of furan rings is 1. The Labute approximate surface area is 124 Å². The van der Waals surface area contributed by atoms with Crippen molar-refractivity contribution in [2.24, 2.45) is 0 Å². The molecule has 0 aliphatic heterocycles. The van der Waals surface area contributed by atoms with Gasteiger partial charge in [0.1, 0.15) is 11.9 Å². The maximum absolute atomic E-state index is 10.2. The normalized spacial score (nSPS) is 14.6. The second kappa shape index (κ2) is 6.92. The minimum Gasteiger partial charge on any atom is -0.466 e. The van der Waals surface area contributed by atoms with E-state index in [0.29, 0.717) is 12.4 Å². The van der Waals surface area contributed by atoms with E-state index in [1.807, 2.05) is 6.07 Å². The summed E-state index contributed by atoms with van der Waals surface area (Å²) in [6.07, 6.45) is 3.96. The molecule has 0 spiro atoms. The van der Waals surface area contributed by atoms with Crippen LogP contribution in [0.4, 0.5) is 0 Å². The lowest BCUT2D eigenvalue weighted by Gasteiger charge is -2.36. The molecule has 4 heteroatoms. The van der Waals surface area contributed by atoms with Crippen LogP contribution in [0.5, 0.6) is 0 Å². The van der Waals surface area contributed by atoms with Crippen molar-refractivity contribution in [1.29, 1.82) is 0 Å². The highest BCUT2D eigenvalue weighted by Crippen LogP contribution is 2.37. The smallest absolute Gasteiger partial charge is 0.192 e. The predicted molar refractivity (Wildman–Crippen MR) is 85.2 cm³/mol. The van der Waals surface area contributed by atoms with E-state index >= 15 is 0 Å². The fourth-order valence-electron chi connectivity index (χ4n) is 1.76. The highest BCUT2D eigenvalue weighted by atomic mass is 28.4. The van der Waals surface area contributed by atoms with Gasteiger partial charge in [0.05, 0.1) is 12.9 Å². The van der Waals surface area contributed by atoms with E-state index in [-0.39, 0.29) is 5.04 Å². The summed E-state index contributed by atoms with van der Waals surface area (Å²) in [6, 6.07) is 1.91.